The van der Waals surface area contributed by atoms with Crippen molar-refractivity contribution in [2.45, 2.75) is 0 Å². The van der Waals surface area contributed by atoms with Gasteiger partial charge in [-0.15, -0.1) is 0 Å². The van der Waals surface area contributed by atoms with E-state index in [9.17, 15) is 0 Å². The number of rotatable bonds is 9. The molecule has 310 valence electrons. The fraction of sp³-hybridized carbons (Fsp3) is 0. The van der Waals surface area contributed by atoms with E-state index >= 15 is 0 Å². The normalized spacial score (nSPS) is 11.3. The van der Waals surface area contributed by atoms with Crippen LogP contribution in [0.25, 0.3) is 99.5 Å². The predicted octanol–water partition coefficient (Wildman–Crippen LogP) is 18.2. The van der Waals surface area contributed by atoms with Gasteiger partial charge in [-0.05, 0) is 138 Å². The summed E-state index contributed by atoms with van der Waals surface area (Å²) >= 11 is 0. The molecule has 11 aromatic carbocycles. The highest BCUT2D eigenvalue weighted by Crippen LogP contribution is 2.42. The number of furan rings is 1. The Morgan fingerprint density at radius 2 is 0.697 bits per heavy atom. The van der Waals surface area contributed by atoms with E-state index in [-0.39, 0.29) is 0 Å². The Hall–Kier alpha value is -8.72. The third-order valence-electron chi connectivity index (χ3n) is 12.9. The molecule has 0 unspecified atom stereocenters. The van der Waals surface area contributed by atoms with E-state index in [1.54, 1.807) is 0 Å². The van der Waals surface area contributed by atoms with Crippen molar-refractivity contribution in [2.24, 2.45) is 0 Å². The van der Waals surface area contributed by atoms with Gasteiger partial charge in [-0.3, -0.25) is 0 Å². The SMILES string of the molecule is c1ccc(-c2ccccc2-c2ccccc2-c2ccc(N(c3ccc(-c4cccc(-c5cc6ccccc6o5)c4)cc3)c3ccc(-c4cc5ccccc5c5ccccc45)cc3)cc2)cc1. The summed E-state index contributed by atoms with van der Waals surface area (Å²) in [5.74, 6) is 0.868. The summed E-state index contributed by atoms with van der Waals surface area (Å²) in [5.41, 5.74) is 17.1. The van der Waals surface area contributed by atoms with Gasteiger partial charge in [-0.1, -0.05) is 200 Å². The first-order chi connectivity index (χ1) is 32.7. The van der Waals surface area contributed by atoms with Crippen molar-refractivity contribution in [3.8, 4) is 67.0 Å². The highest BCUT2D eigenvalue weighted by atomic mass is 16.3. The van der Waals surface area contributed by atoms with Crippen LogP contribution in [0.5, 0.6) is 0 Å². The summed E-state index contributed by atoms with van der Waals surface area (Å²) in [7, 11) is 0. The van der Waals surface area contributed by atoms with Gasteiger partial charge in [0.25, 0.3) is 0 Å². The van der Waals surface area contributed by atoms with Crippen molar-refractivity contribution < 1.29 is 4.42 Å². The van der Waals surface area contributed by atoms with Crippen LogP contribution in [0.3, 0.4) is 0 Å². The molecule has 2 heteroatoms. The van der Waals surface area contributed by atoms with E-state index in [1.807, 2.05) is 18.2 Å². The third kappa shape index (κ3) is 7.21. The molecule has 0 amide bonds. The van der Waals surface area contributed by atoms with Crippen molar-refractivity contribution in [1.82, 2.24) is 0 Å². The highest BCUT2D eigenvalue weighted by molar-refractivity contribution is 6.13. The fourth-order valence-corrected chi connectivity index (χ4v) is 9.66. The lowest BCUT2D eigenvalue weighted by molar-refractivity contribution is 0.631. The quantitative estimate of drug-likeness (QED) is 0.135. The zero-order chi connectivity index (χ0) is 43.8. The van der Waals surface area contributed by atoms with E-state index in [1.165, 1.54) is 60.5 Å². The molecule has 0 atom stereocenters. The smallest absolute Gasteiger partial charge is 0.135 e. The molecule has 0 saturated heterocycles. The Morgan fingerprint density at radius 1 is 0.242 bits per heavy atom. The number of nitrogens with zero attached hydrogens (tertiary/aromatic N) is 1. The van der Waals surface area contributed by atoms with Crippen LogP contribution in [-0.2, 0) is 0 Å². The van der Waals surface area contributed by atoms with E-state index in [0.717, 1.165) is 56.0 Å². The lowest BCUT2D eigenvalue weighted by Crippen LogP contribution is -2.09. The summed E-state index contributed by atoms with van der Waals surface area (Å²) in [5, 5.41) is 6.14. The molecule has 0 aliphatic rings. The average Bonchev–Trinajstić information content (AvgIpc) is 3.84. The molecule has 66 heavy (non-hydrogen) atoms. The van der Waals surface area contributed by atoms with Crippen molar-refractivity contribution in [1.29, 1.82) is 0 Å². The molecule has 0 fully saturated rings. The van der Waals surface area contributed by atoms with Crippen LogP contribution < -0.4 is 4.90 Å². The second kappa shape index (κ2) is 16.8. The summed E-state index contributed by atoms with van der Waals surface area (Å²) in [6.45, 7) is 0. The predicted molar refractivity (Wildman–Crippen MR) is 279 cm³/mol. The number of hydrogen-bond donors (Lipinski definition) is 0. The second-order valence-electron chi connectivity index (χ2n) is 16.9. The minimum absolute atomic E-state index is 0.868. The second-order valence-corrected chi connectivity index (χ2v) is 16.9. The van der Waals surface area contributed by atoms with Crippen molar-refractivity contribution in [3.05, 3.63) is 261 Å². The average molecular weight is 842 g/mol. The van der Waals surface area contributed by atoms with Gasteiger partial charge >= 0.3 is 0 Å². The van der Waals surface area contributed by atoms with Gasteiger partial charge in [-0.2, -0.15) is 0 Å². The zero-order valence-electron chi connectivity index (χ0n) is 36.2. The molecule has 0 radical (unpaired) electrons. The Bertz CT molecular complexity index is 3640. The van der Waals surface area contributed by atoms with Gasteiger partial charge in [0.2, 0.25) is 0 Å². The van der Waals surface area contributed by atoms with Crippen LogP contribution >= 0.6 is 0 Å². The first-order valence-electron chi connectivity index (χ1n) is 22.6. The van der Waals surface area contributed by atoms with Crippen molar-refractivity contribution in [3.63, 3.8) is 0 Å². The molecule has 0 spiro atoms. The van der Waals surface area contributed by atoms with Crippen LogP contribution in [0, 0.1) is 0 Å². The molecule has 12 rings (SSSR count). The summed E-state index contributed by atoms with van der Waals surface area (Å²) in [6, 6.07) is 93.8. The van der Waals surface area contributed by atoms with Crippen LogP contribution in [-0.4, -0.2) is 0 Å². The zero-order valence-corrected chi connectivity index (χ0v) is 36.2. The van der Waals surface area contributed by atoms with Crippen LogP contribution in [0.15, 0.2) is 265 Å². The standard InChI is InChI=1S/C64H43NO/c1-2-15-45(16-3-1)55-21-7-9-24-58(55)59-25-10-8-22-56(59)46-31-37-53(38-32-46)65(54-39-33-47(34-40-54)62-42-49-17-4-6-23-57(49)60-26-11-12-27-61(60)62)52-35-29-44(30-36-52)48-19-14-20-50(41-48)64-43-51-18-5-13-28-63(51)66-64/h1-43H. The molecular weight excluding hydrogens is 799 g/mol. The van der Waals surface area contributed by atoms with Gasteiger partial charge in [-0.25, -0.2) is 0 Å². The van der Waals surface area contributed by atoms with E-state index in [4.69, 9.17) is 4.42 Å². The number of benzene rings is 11. The summed E-state index contributed by atoms with van der Waals surface area (Å²) < 4.78 is 6.25. The van der Waals surface area contributed by atoms with Gasteiger partial charge in [0.05, 0.1) is 0 Å². The largest absolute Gasteiger partial charge is 0.456 e. The topological polar surface area (TPSA) is 16.4 Å². The summed E-state index contributed by atoms with van der Waals surface area (Å²) in [6.07, 6.45) is 0. The highest BCUT2D eigenvalue weighted by Gasteiger charge is 2.17. The maximum atomic E-state index is 6.25. The third-order valence-corrected chi connectivity index (χ3v) is 12.9. The Balaban J connectivity index is 0.930. The van der Waals surface area contributed by atoms with Crippen molar-refractivity contribution in [2.75, 3.05) is 4.90 Å². The van der Waals surface area contributed by atoms with Crippen LogP contribution in [0.1, 0.15) is 0 Å². The molecule has 0 bridgehead atoms. The monoisotopic (exact) mass is 841 g/mol. The lowest BCUT2D eigenvalue weighted by atomic mass is 9.89. The number of fused-ring (bicyclic) bond motifs is 4. The van der Waals surface area contributed by atoms with E-state index in [2.05, 4.69) is 248 Å². The lowest BCUT2D eigenvalue weighted by Gasteiger charge is -2.26. The van der Waals surface area contributed by atoms with E-state index in [0.29, 0.717) is 0 Å². The molecule has 0 saturated carbocycles. The van der Waals surface area contributed by atoms with Gasteiger partial charge in [0.15, 0.2) is 0 Å². The number of para-hydroxylation sites is 1. The maximum Gasteiger partial charge on any atom is 0.135 e. The molecule has 0 N–H and O–H groups in total. The van der Waals surface area contributed by atoms with Crippen molar-refractivity contribution >= 4 is 49.6 Å². The molecule has 1 heterocycles. The molecule has 1 aromatic heterocycles. The number of anilines is 3. The first kappa shape index (κ1) is 38.9. The van der Waals surface area contributed by atoms with Gasteiger partial charge < -0.3 is 9.32 Å². The van der Waals surface area contributed by atoms with Gasteiger partial charge in [0.1, 0.15) is 11.3 Å². The molecule has 0 aliphatic heterocycles. The van der Waals surface area contributed by atoms with Crippen LogP contribution in [0.2, 0.25) is 0 Å². The fourth-order valence-electron chi connectivity index (χ4n) is 9.66. The Morgan fingerprint density at radius 3 is 1.33 bits per heavy atom. The minimum Gasteiger partial charge on any atom is -0.456 e. The molecular formula is C64H43NO. The maximum absolute atomic E-state index is 6.25. The Labute approximate surface area is 384 Å². The Kier molecular flexibility index (Phi) is 9.89. The van der Waals surface area contributed by atoms with E-state index < -0.39 is 0 Å². The molecule has 0 aliphatic carbocycles. The van der Waals surface area contributed by atoms with Crippen LogP contribution in [0.4, 0.5) is 17.1 Å². The molecule has 2 nitrogen and oxygen atoms in total. The molecule has 12 aromatic rings. The van der Waals surface area contributed by atoms with Gasteiger partial charge in [0, 0.05) is 28.0 Å². The number of hydrogen-bond acceptors (Lipinski definition) is 2. The minimum atomic E-state index is 0.868. The first-order valence-corrected chi connectivity index (χ1v) is 22.6. The summed E-state index contributed by atoms with van der Waals surface area (Å²) in [4.78, 5) is 2.36.